The molecule has 128 valence electrons. The standard InChI is InChI=1S/C18H30N4O/c1-18(2,3)21-17(19-4)20-14-16(15-8-6-5-7-9-15)22-10-12-23-13-11-22/h5-9,16H,10-14H2,1-4H3,(H2,19,20,21). The topological polar surface area (TPSA) is 48.9 Å². The van der Waals surface area contributed by atoms with E-state index in [-0.39, 0.29) is 5.54 Å². The fraction of sp³-hybridized carbons (Fsp3) is 0.611. The molecule has 1 aromatic carbocycles. The van der Waals surface area contributed by atoms with Gasteiger partial charge in [-0.15, -0.1) is 0 Å². The summed E-state index contributed by atoms with van der Waals surface area (Å²) in [6.07, 6.45) is 0. The fourth-order valence-electron chi connectivity index (χ4n) is 2.75. The molecule has 1 aromatic rings. The molecule has 1 heterocycles. The number of guanidine groups is 1. The van der Waals surface area contributed by atoms with Gasteiger partial charge in [0.1, 0.15) is 0 Å². The minimum absolute atomic E-state index is 0.0109. The van der Waals surface area contributed by atoms with Crippen LogP contribution in [0.5, 0.6) is 0 Å². The molecule has 1 aliphatic rings. The number of hydrogen-bond donors (Lipinski definition) is 2. The minimum atomic E-state index is -0.0109. The Morgan fingerprint density at radius 1 is 1.22 bits per heavy atom. The lowest BCUT2D eigenvalue weighted by Gasteiger charge is -2.35. The average molecular weight is 318 g/mol. The van der Waals surface area contributed by atoms with Crippen LogP contribution in [0, 0.1) is 0 Å². The Labute approximate surface area is 140 Å². The van der Waals surface area contributed by atoms with Gasteiger partial charge in [-0.1, -0.05) is 30.3 Å². The summed E-state index contributed by atoms with van der Waals surface area (Å²) in [5.74, 6) is 0.840. The Kier molecular flexibility index (Phi) is 6.42. The van der Waals surface area contributed by atoms with Crippen LogP contribution in [-0.4, -0.2) is 56.3 Å². The summed E-state index contributed by atoms with van der Waals surface area (Å²) >= 11 is 0. The Bertz CT molecular complexity index is 489. The van der Waals surface area contributed by atoms with Crippen molar-refractivity contribution in [3.8, 4) is 0 Å². The summed E-state index contributed by atoms with van der Waals surface area (Å²) in [6.45, 7) is 10.8. The van der Waals surface area contributed by atoms with Crippen LogP contribution in [0.2, 0.25) is 0 Å². The zero-order valence-corrected chi connectivity index (χ0v) is 14.8. The van der Waals surface area contributed by atoms with Gasteiger partial charge in [-0.05, 0) is 26.3 Å². The summed E-state index contributed by atoms with van der Waals surface area (Å²) in [7, 11) is 1.81. The van der Waals surface area contributed by atoms with Crippen molar-refractivity contribution in [3.05, 3.63) is 35.9 Å². The third-order valence-electron chi connectivity index (χ3n) is 3.85. The second kappa shape index (κ2) is 8.31. The highest BCUT2D eigenvalue weighted by Crippen LogP contribution is 2.21. The predicted molar refractivity (Wildman–Crippen MR) is 95.8 cm³/mol. The molecule has 2 N–H and O–H groups in total. The van der Waals surface area contributed by atoms with Gasteiger partial charge < -0.3 is 15.4 Å². The van der Waals surface area contributed by atoms with Gasteiger partial charge in [0.2, 0.25) is 0 Å². The summed E-state index contributed by atoms with van der Waals surface area (Å²) in [6, 6.07) is 11.0. The van der Waals surface area contributed by atoms with E-state index >= 15 is 0 Å². The maximum Gasteiger partial charge on any atom is 0.191 e. The highest BCUT2D eigenvalue weighted by atomic mass is 16.5. The molecule has 0 bridgehead atoms. The lowest BCUT2D eigenvalue weighted by molar-refractivity contribution is 0.0170. The van der Waals surface area contributed by atoms with Crippen LogP contribution in [0.4, 0.5) is 0 Å². The molecule has 0 saturated carbocycles. The minimum Gasteiger partial charge on any atom is -0.379 e. The van der Waals surface area contributed by atoms with Gasteiger partial charge in [0.05, 0.1) is 19.3 Å². The van der Waals surface area contributed by atoms with Crippen molar-refractivity contribution in [1.82, 2.24) is 15.5 Å². The molecule has 1 saturated heterocycles. The van der Waals surface area contributed by atoms with Crippen molar-refractivity contribution >= 4 is 5.96 Å². The van der Waals surface area contributed by atoms with Crippen LogP contribution in [0.15, 0.2) is 35.3 Å². The first kappa shape index (κ1) is 17.8. The SMILES string of the molecule is CN=C(NCC(c1ccccc1)N1CCOCC1)NC(C)(C)C. The third kappa shape index (κ3) is 5.84. The monoisotopic (exact) mass is 318 g/mol. The molecule has 5 nitrogen and oxygen atoms in total. The van der Waals surface area contributed by atoms with Crippen molar-refractivity contribution in [2.75, 3.05) is 39.9 Å². The fourth-order valence-corrected chi connectivity index (χ4v) is 2.75. The summed E-state index contributed by atoms with van der Waals surface area (Å²) in [5.41, 5.74) is 1.32. The number of morpholine rings is 1. The van der Waals surface area contributed by atoms with E-state index in [2.05, 4.69) is 71.6 Å². The van der Waals surface area contributed by atoms with Crippen LogP contribution < -0.4 is 10.6 Å². The van der Waals surface area contributed by atoms with E-state index in [4.69, 9.17) is 4.74 Å². The van der Waals surface area contributed by atoms with E-state index in [0.717, 1.165) is 38.8 Å². The molecular formula is C18H30N4O. The van der Waals surface area contributed by atoms with Gasteiger partial charge in [-0.2, -0.15) is 0 Å². The number of hydrogen-bond acceptors (Lipinski definition) is 3. The number of nitrogens with zero attached hydrogens (tertiary/aromatic N) is 2. The normalized spacial score (nSPS) is 18.5. The Hall–Kier alpha value is -1.59. The maximum atomic E-state index is 5.50. The molecule has 0 amide bonds. The molecule has 0 aromatic heterocycles. The van der Waals surface area contributed by atoms with Crippen molar-refractivity contribution in [1.29, 1.82) is 0 Å². The number of rotatable bonds is 4. The largest absolute Gasteiger partial charge is 0.379 e. The maximum absolute atomic E-state index is 5.50. The zero-order valence-electron chi connectivity index (χ0n) is 14.8. The van der Waals surface area contributed by atoms with E-state index in [1.807, 2.05) is 7.05 Å². The first-order chi connectivity index (χ1) is 11.0. The van der Waals surface area contributed by atoms with Gasteiger partial charge in [0.15, 0.2) is 5.96 Å². The Balaban J connectivity index is 2.05. The average Bonchev–Trinajstić information content (AvgIpc) is 2.55. The Morgan fingerprint density at radius 3 is 2.43 bits per heavy atom. The number of benzene rings is 1. The van der Waals surface area contributed by atoms with Crippen molar-refractivity contribution in [2.24, 2.45) is 4.99 Å². The van der Waals surface area contributed by atoms with Crippen LogP contribution in [0.1, 0.15) is 32.4 Å². The first-order valence-electron chi connectivity index (χ1n) is 8.35. The second-order valence-electron chi connectivity index (χ2n) is 6.90. The zero-order chi connectivity index (χ0) is 16.7. The molecule has 2 rings (SSSR count). The van der Waals surface area contributed by atoms with E-state index in [1.165, 1.54) is 5.56 Å². The number of ether oxygens (including phenoxy) is 1. The van der Waals surface area contributed by atoms with E-state index in [1.54, 1.807) is 0 Å². The van der Waals surface area contributed by atoms with Crippen LogP contribution in [0.3, 0.4) is 0 Å². The van der Waals surface area contributed by atoms with Crippen LogP contribution in [0.25, 0.3) is 0 Å². The van der Waals surface area contributed by atoms with Gasteiger partial charge >= 0.3 is 0 Å². The molecule has 0 radical (unpaired) electrons. The molecule has 5 heteroatoms. The Morgan fingerprint density at radius 2 is 1.87 bits per heavy atom. The molecule has 1 atom stereocenters. The van der Waals surface area contributed by atoms with E-state index in [0.29, 0.717) is 6.04 Å². The van der Waals surface area contributed by atoms with Gasteiger partial charge in [-0.3, -0.25) is 9.89 Å². The predicted octanol–water partition coefficient (Wildman–Crippen LogP) is 2.02. The third-order valence-corrected chi connectivity index (χ3v) is 3.85. The molecule has 1 fully saturated rings. The molecular weight excluding hydrogens is 288 g/mol. The van der Waals surface area contributed by atoms with E-state index < -0.39 is 0 Å². The molecule has 0 aliphatic carbocycles. The quantitative estimate of drug-likeness (QED) is 0.659. The van der Waals surface area contributed by atoms with Crippen LogP contribution >= 0.6 is 0 Å². The van der Waals surface area contributed by atoms with Crippen molar-refractivity contribution in [2.45, 2.75) is 32.4 Å². The van der Waals surface area contributed by atoms with Gasteiger partial charge in [0.25, 0.3) is 0 Å². The lowest BCUT2D eigenvalue weighted by atomic mass is 10.0. The highest BCUT2D eigenvalue weighted by molar-refractivity contribution is 5.80. The second-order valence-corrected chi connectivity index (χ2v) is 6.90. The van der Waals surface area contributed by atoms with Crippen molar-refractivity contribution < 1.29 is 4.74 Å². The van der Waals surface area contributed by atoms with Gasteiger partial charge in [0, 0.05) is 32.2 Å². The molecule has 1 unspecified atom stereocenters. The van der Waals surface area contributed by atoms with Gasteiger partial charge in [-0.25, -0.2) is 0 Å². The summed E-state index contributed by atoms with van der Waals surface area (Å²) < 4.78 is 5.50. The summed E-state index contributed by atoms with van der Waals surface area (Å²) in [4.78, 5) is 6.82. The smallest absolute Gasteiger partial charge is 0.191 e. The molecule has 1 aliphatic heterocycles. The highest BCUT2D eigenvalue weighted by Gasteiger charge is 2.23. The van der Waals surface area contributed by atoms with E-state index in [9.17, 15) is 0 Å². The first-order valence-corrected chi connectivity index (χ1v) is 8.35. The lowest BCUT2D eigenvalue weighted by Crippen LogP contribution is -2.50. The van der Waals surface area contributed by atoms with Crippen molar-refractivity contribution in [3.63, 3.8) is 0 Å². The number of nitrogens with one attached hydrogen (secondary N) is 2. The number of aliphatic imine (C=N–C) groups is 1. The van der Waals surface area contributed by atoms with Crippen LogP contribution in [-0.2, 0) is 4.74 Å². The molecule has 23 heavy (non-hydrogen) atoms. The summed E-state index contributed by atoms with van der Waals surface area (Å²) in [5, 5.41) is 6.89. The molecule has 0 spiro atoms.